The highest BCUT2D eigenvalue weighted by atomic mass is 16.5. The van der Waals surface area contributed by atoms with E-state index in [2.05, 4.69) is 0 Å². The molecule has 0 spiro atoms. The van der Waals surface area contributed by atoms with Gasteiger partial charge in [0, 0.05) is 0 Å². The van der Waals surface area contributed by atoms with E-state index >= 15 is 0 Å². The van der Waals surface area contributed by atoms with Crippen LogP contribution in [-0.4, -0.2) is 26.6 Å². The Morgan fingerprint density at radius 3 is 2.32 bits per heavy atom. The van der Waals surface area contributed by atoms with E-state index in [1.807, 2.05) is 49.4 Å². The van der Waals surface area contributed by atoms with Crippen LogP contribution in [0.25, 0.3) is 6.08 Å². The number of allylic oxidation sites excluding steroid dienone is 1. The molecule has 2 rings (SSSR count). The van der Waals surface area contributed by atoms with Crippen molar-refractivity contribution >= 4 is 12.4 Å². The molecule has 0 bridgehead atoms. The summed E-state index contributed by atoms with van der Waals surface area (Å²) in [5, 5.41) is 0. The summed E-state index contributed by atoms with van der Waals surface area (Å²) in [6.07, 6.45) is 6.50. The number of ether oxygens (including phenoxy) is 3. The Hall–Kier alpha value is -2.75. The minimum absolute atomic E-state index is 0.547. The standard InChI is InChI=1S/C21H24O4/c1-3-8-17-11-12-20(21(15-17)23-2)25-14-7-6-13-24-19-10-5-4-9-18(19)16-22/h3-5,8-12,15-16H,6-7,13-14H2,1-2H3. The molecule has 4 nitrogen and oxygen atoms in total. The zero-order chi connectivity index (χ0) is 17.9. The summed E-state index contributed by atoms with van der Waals surface area (Å²) in [5.41, 5.74) is 1.65. The molecule has 4 heteroatoms. The second kappa shape index (κ2) is 10.2. The van der Waals surface area contributed by atoms with Gasteiger partial charge >= 0.3 is 0 Å². The van der Waals surface area contributed by atoms with Gasteiger partial charge in [0.15, 0.2) is 17.8 Å². The molecule has 132 valence electrons. The summed E-state index contributed by atoms with van der Waals surface area (Å²) in [6, 6.07) is 13.1. The lowest BCUT2D eigenvalue weighted by Gasteiger charge is -2.12. The molecular weight excluding hydrogens is 316 g/mol. The van der Waals surface area contributed by atoms with Crippen molar-refractivity contribution < 1.29 is 19.0 Å². The van der Waals surface area contributed by atoms with Crippen LogP contribution in [0.4, 0.5) is 0 Å². The number of aldehydes is 1. The smallest absolute Gasteiger partial charge is 0.161 e. The SMILES string of the molecule is CC=Cc1ccc(OCCCCOc2ccccc2C=O)c(OC)c1. The second-order valence-electron chi connectivity index (χ2n) is 5.47. The number of carbonyl (C=O) groups is 1. The molecule has 0 aromatic heterocycles. The van der Waals surface area contributed by atoms with Crippen molar-refractivity contribution in [2.75, 3.05) is 20.3 Å². The van der Waals surface area contributed by atoms with Crippen LogP contribution in [0, 0.1) is 0 Å². The molecule has 2 aromatic rings. The third-order valence-corrected chi connectivity index (χ3v) is 3.65. The number of methoxy groups -OCH3 is 1. The first-order chi connectivity index (χ1) is 12.3. The van der Waals surface area contributed by atoms with Crippen LogP contribution < -0.4 is 14.2 Å². The Kier molecular flexibility index (Phi) is 7.57. The third kappa shape index (κ3) is 5.68. The highest BCUT2D eigenvalue weighted by Gasteiger charge is 2.05. The lowest BCUT2D eigenvalue weighted by atomic mass is 10.2. The molecule has 0 saturated carbocycles. The average molecular weight is 340 g/mol. The first kappa shape index (κ1) is 18.6. The van der Waals surface area contributed by atoms with Crippen molar-refractivity contribution in [2.45, 2.75) is 19.8 Å². The van der Waals surface area contributed by atoms with Gasteiger partial charge < -0.3 is 14.2 Å². The molecule has 0 aliphatic rings. The molecule has 0 heterocycles. The fourth-order valence-electron chi connectivity index (χ4n) is 2.38. The fourth-order valence-corrected chi connectivity index (χ4v) is 2.38. The van der Waals surface area contributed by atoms with E-state index in [9.17, 15) is 4.79 Å². The molecule has 0 unspecified atom stereocenters. The maximum Gasteiger partial charge on any atom is 0.161 e. The number of para-hydroxylation sites is 1. The Balaban J connectivity index is 1.75. The number of carbonyl (C=O) groups excluding carboxylic acids is 1. The maximum absolute atomic E-state index is 10.9. The van der Waals surface area contributed by atoms with Crippen molar-refractivity contribution in [3.8, 4) is 17.2 Å². The van der Waals surface area contributed by atoms with Gasteiger partial charge in [0.1, 0.15) is 5.75 Å². The topological polar surface area (TPSA) is 44.8 Å². The van der Waals surface area contributed by atoms with Crippen molar-refractivity contribution in [1.29, 1.82) is 0 Å². The Bertz CT molecular complexity index is 707. The monoisotopic (exact) mass is 340 g/mol. The van der Waals surface area contributed by atoms with Gasteiger partial charge in [-0.2, -0.15) is 0 Å². The maximum atomic E-state index is 10.9. The summed E-state index contributed by atoms with van der Waals surface area (Å²) in [6.45, 7) is 3.11. The minimum Gasteiger partial charge on any atom is -0.493 e. The average Bonchev–Trinajstić information content (AvgIpc) is 2.65. The normalized spacial score (nSPS) is 10.6. The third-order valence-electron chi connectivity index (χ3n) is 3.65. The number of rotatable bonds is 10. The Morgan fingerprint density at radius 2 is 1.64 bits per heavy atom. The van der Waals surface area contributed by atoms with Gasteiger partial charge in [-0.25, -0.2) is 0 Å². The molecule has 0 amide bonds. The predicted octanol–water partition coefficient (Wildman–Crippen LogP) is 4.78. The van der Waals surface area contributed by atoms with Crippen LogP contribution in [0.15, 0.2) is 48.5 Å². The molecule has 0 saturated heterocycles. The first-order valence-electron chi connectivity index (χ1n) is 8.39. The summed E-state index contributed by atoms with van der Waals surface area (Å²) in [5.74, 6) is 2.09. The van der Waals surface area contributed by atoms with Gasteiger partial charge in [-0.15, -0.1) is 0 Å². The Morgan fingerprint density at radius 1 is 0.920 bits per heavy atom. The zero-order valence-corrected chi connectivity index (χ0v) is 14.7. The molecule has 2 aromatic carbocycles. The van der Waals surface area contributed by atoms with Gasteiger partial charge in [0.2, 0.25) is 0 Å². The van der Waals surface area contributed by atoms with Crippen molar-refractivity contribution in [3.05, 3.63) is 59.7 Å². The van der Waals surface area contributed by atoms with Crippen LogP contribution in [0.3, 0.4) is 0 Å². The molecule has 0 N–H and O–H groups in total. The molecule has 0 aliphatic heterocycles. The quantitative estimate of drug-likeness (QED) is 0.461. The van der Waals surface area contributed by atoms with Crippen LogP contribution in [0.2, 0.25) is 0 Å². The first-order valence-corrected chi connectivity index (χ1v) is 8.39. The fraction of sp³-hybridized carbons (Fsp3) is 0.286. The van der Waals surface area contributed by atoms with E-state index in [4.69, 9.17) is 14.2 Å². The zero-order valence-electron chi connectivity index (χ0n) is 14.7. The second-order valence-corrected chi connectivity index (χ2v) is 5.47. The summed E-state index contributed by atoms with van der Waals surface area (Å²) in [7, 11) is 1.64. The predicted molar refractivity (Wildman–Crippen MR) is 99.8 cm³/mol. The van der Waals surface area contributed by atoms with E-state index in [-0.39, 0.29) is 0 Å². The summed E-state index contributed by atoms with van der Waals surface area (Å²) < 4.78 is 16.8. The van der Waals surface area contributed by atoms with Crippen molar-refractivity contribution in [2.24, 2.45) is 0 Å². The van der Waals surface area contributed by atoms with Crippen LogP contribution in [0.5, 0.6) is 17.2 Å². The van der Waals surface area contributed by atoms with Gasteiger partial charge in [-0.1, -0.05) is 30.4 Å². The van der Waals surface area contributed by atoms with E-state index in [1.54, 1.807) is 19.2 Å². The summed E-state index contributed by atoms with van der Waals surface area (Å²) in [4.78, 5) is 10.9. The van der Waals surface area contributed by atoms with Gasteiger partial charge in [-0.3, -0.25) is 4.79 Å². The van der Waals surface area contributed by atoms with Crippen LogP contribution in [-0.2, 0) is 0 Å². The van der Waals surface area contributed by atoms with Crippen LogP contribution in [0.1, 0.15) is 35.7 Å². The number of hydrogen-bond acceptors (Lipinski definition) is 4. The molecule has 0 fully saturated rings. The van der Waals surface area contributed by atoms with Gasteiger partial charge in [0.25, 0.3) is 0 Å². The highest BCUT2D eigenvalue weighted by Crippen LogP contribution is 2.28. The van der Waals surface area contributed by atoms with E-state index in [0.717, 1.165) is 36.2 Å². The van der Waals surface area contributed by atoms with Crippen molar-refractivity contribution in [1.82, 2.24) is 0 Å². The molecule has 0 aliphatic carbocycles. The summed E-state index contributed by atoms with van der Waals surface area (Å²) >= 11 is 0. The molecule has 0 atom stereocenters. The lowest BCUT2D eigenvalue weighted by molar-refractivity contribution is 0.111. The Labute approximate surface area is 149 Å². The molecule has 0 radical (unpaired) electrons. The number of benzene rings is 2. The van der Waals surface area contributed by atoms with Gasteiger partial charge in [-0.05, 0) is 49.6 Å². The number of hydrogen-bond donors (Lipinski definition) is 0. The lowest BCUT2D eigenvalue weighted by Crippen LogP contribution is -2.04. The largest absolute Gasteiger partial charge is 0.493 e. The molecule has 25 heavy (non-hydrogen) atoms. The van der Waals surface area contributed by atoms with E-state index in [0.29, 0.717) is 24.5 Å². The van der Waals surface area contributed by atoms with Gasteiger partial charge in [0.05, 0.1) is 25.9 Å². The van der Waals surface area contributed by atoms with Crippen molar-refractivity contribution in [3.63, 3.8) is 0 Å². The number of unbranched alkanes of at least 4 members (excludes halogenated alkanes) is 1. The van der Waals surface area contributed by atoms with E-state index in [1.165, 1.54) is 0 Å². The minimum atomic E-state index is 0.547. The van der Waals surface area contributed by atoms with E-state index < -0.39 is 0 Å². The van der Waals surface area contributed by atoms with Crippen LogP contribution >= 0.6 is 0 Å². The molecular formula is C21H24O4. The highest BCUT2D eigenvalue weighted by molar-refractivity contribution is 5.79.